The molecule has 4 rings (SSSR count). The molecule has 3 saturated heterocycles. The summed E-state index contributed by atoms with van der Waals surface area (Å²) in [5.74, 6) is -3.08. The highest BCUT2D eigenvalue weighted by Crippen LogP contribution is 2.59. The number of allylic oxidation sites excluding steroid dienone is 1. The lowest BCUT2D eigenvalue weighted by molar-refractivity contribution is -0.161. The lowest BCUT2D eigenvalue weighted by Gasteiger charge is -2.39. The Kier molecular flexibility index (Phi) is 12.2. The van der Waals surface area contributed by atoms with Crippen molar-refractivity contribution in [2.24, 2.45) is 17.8 Å². The molecule has 1 aromatic carbocycles. The van der Waals surface area contributed by atoms with Crippen molar-refractivity contribution >= 4 is 23.7 Å². The number of carbonyl (C=O) groups is 4. The van der Waals surface area contributed by atoms with Gasteiger partial charge in [-0.2, -0.15) is 0 Å². The minimum atomic E-state index is -1.21. The fourth-order valence-corrected chi connectivity index (χ4v) is 7.46. The summed E-state index contributed by atoms with van der Waals surface area (Å²) in [6.07, 6.45) is 5.88. The van der Waals surface area contributed by atoms with Crippen LogP contribution in [0.4, 0.5) is 0 Å². The van der Waals surface area contributed by atoms with Crippen molar-refractivity contribution in [1.82, 2.24) is 15.1 Å². The molecule has 0 aromatic heterocycles. The van der Waals surface area contributed by atoms with E-state index in [0.717, 1.165) is 12.8 Å². The monoisotopic (exact) mass is 637 g/mol. The van der Waals surface area contributed by atoms with Gasteiger partial charge in [-0.25, -0.2) is 0 Å². The molecule has 10 heteroatoms. The van der Waals surface area contributed by atoms with Crippen molar-refractivity contribution in [2.45, 2.75) is 95.6 Å². The number of rotatable bonds is 18. The van der Waals surface area contributed by atoms with Gasteiger partial charge in [0.15, 0.2) is 0 Å². The average Bonchev–Trinajstić information content (AvgIpc) is 3.70. The Hall–Kier alpha value is -3.50. The van der Waals surface area contributed by atoms with Crippen molar-refractivity contribution < 1.29 is 33.8 Å². The van der Waals surface area contributed by atoms with Gasteiger partial charge in [0.25, 0.3) is 0 Å². The third-order valence-electron chi connectivity index (χ3n) is 9.52. The standard InChI is InChI=1S/C36H51N3O7/c1-6-9-16-29(41)37-22-28(25-14-12-11-13-15-25)45-35(44)30-27-17-18-36(46-27)31(30)33(42)39(26(23-40)21-24(4)5)32(36)34(43)38(19-8-3)20-10-7-2/h6,8,11-15,24,26-28,30-32,40H,1,3,7,9-10,16-23H2,2,4-5H3,(H,37,41)/t26-,27-,28+,30+,31+,32-,36+/m1/s1. The van der Waals surface area contributed by atoms with E-state index < -0.39 is 47.7 Å². The minimum Gasteiger partial charge on any atom is -0.455 e. The van der Waals surface area contributed by atoms with Gasteiger partial charge in [-0.15, -0.1) is 13.2 Å². The lowest BCUT2D eigenvalue weighted by atomic mass is 9.70. The van der Waals surface area contributed by atoms with Crippen LogP contribution in [0.2, 0.25) is 0 Å². The first-order chi connectivity index (χ1) is 22.1. The first-order valence-electron chi connectivity index (χ1n) is 16.8. The second-order valence-corrected chi connectivity index (χ2v) is 13.2. The molecule has 1 spiro atoms. The highest BCUT2D eigenvalue weighted by molar-refractivity contribution is 5.98. The maximum absolute atomic E-state index is 14.5. The SMILES string of the molecule is C=CCCC(=O)NC[C@H](OC(=O)[C@@H]1[C@H]2C(=O)N([C@@H](CO)CC(C)C)[C@H](C(=O)N(CC=C)CCCC)[C@]23CC[C@H]1O3)c1ccccc1. The molecule has 0 saturated carbocycles. The summed E-state index contributed by atoms with van der Waals surface area (Å²) >= 11 is 0. The van der Waals surface area contributed by atoms with Crippen molar-refractivity contribution in [3.05, 3.63) is 61.2 Å². The number of carbonyl (C=O) groups excluding carboxylic acids is 4. The summed E-state index contributed by atoms with van der Waals surface area (Å²) in [7, 11) is 0. The first kappa shape index (κ1) is 35.4. The summed E-state index contributed by atoms with van der Waals surface area (Å²) in [6, 6.07) is 7.58. The third-order valence-corrected chi connectivity index (χ3v) is 9.52. The van der Waals surface area contributed by atoms with E-state index in [1.54, 1.807) is 17.1 Å². The number of benzene rings is 1. The number of likely N-dealkylation sites (tertiary alicyclic amines) is 1. The Bertz CT molecular complexity index is 1250. The van der Waals surface area contributed by atoms with E-state index >= 15 is 0 Å². The number of aliphatic hydroxyl groups excluding tert-OH is 1. The number of nitrogens with zero attached hydrogens (tertiary/aromatic N) is 2. The summed E-state index contributed by atoms with van der Waals surface area (Å²) < 4.78 is 12.7. The summed E-state index contributed by atoms with van der Waals surface area (Å²) in [5.41, 5.74) is -0.501. The van der Waals surface area contributed by atoms with Crippen molar-refractivity contribution in [2.75, 3.05) is 26.2 Å². The van der Waals surface area contributed by atoms with E-state index in [0.29, 0.717) is 44.3 Å². The number of hydrogen-bond acceptors (Lipinski definition) is 7. The molecule has 10 nitrogen and oxygen atoms in total. The van der Waals surface area contributed by atoms with E-state index in [9.17, 15) is 24.3 Å². The van der Waals surface area contributed by atoms with Crippen LogP contribution >= 0.6 is 0 Å². The van der Waals surface area contributed by atoms with Gasteiger partial charge in [-0.3, -0.25) is 19.2 Å². The van der Waals surface area contributed by atoms with Crippen molar-refractivity contribution in [3.8, 4) is 0 Å². The van der Waals surface area contributed by atoms with E-state index in [2.05, 4.69) is 18.5 Å². The van der Waals surface area contributed by atoms with Gasteiger partial charge in [0, 0.05) is 19.5 Å². The van der Waals surface area contributed by atoms with E-state index in [1.807, 2.05) is 51.1 Å². The van der Waals surface area contributed by atoms with Gasteiger partial charge in [-0.1, -0.05) is 69.7 Å². The number of hydrogen-bond donors (Lipinski definition) is 2. The topological polar surface area (TPSA) is 125 Å². The first-order valence-corrected chi connectivity index (χ1v) is 16.8. The largest absolute Gasteiger partial charge is 0.455 e. The Balaban J connectivity index is 1.67. The fourth-order valence-electron chi connectivity index (χ4n) is 7.46. The number of amides is 3. The van der Waals surface area contributed by atoms with Crippen LogP contribution in [-0.4, -0.2) is 88.6 Å². The number of esters is 1. The summed E-state index contributed by atoms with van der Waals surface area (Å²) in [4.78, 5) is 58.8. The van der Waals surface area contributed by atoms with Gasteiger partial charge in [0.05, 0.1) is 37.1 Å². The maximum atomic E-state index is 14.5. The van der Waals surface area contributed by atoms with Crippen molar-refractivity contribution in [3.63, 3.8) is 0 Å². The van der Waals surface area contributed by atoms with Crippen molar-refractivity contribution in [1.29, 1.82) is 0 Å². The van der Waals surface area contributed by atoms with E-state index in [4.69, 9.17) is 9.47 Å². The maximum Gasteiger partial charge on any atom is 0.313 e. The van der Waals surface area contributed by atoms with Gasteiger partial charge >= 0.3 is 5.97 Å². The molecule has 2 bridgehead atoms. The molecule has 3 aliphatic heterocycles. The summed E-state index contributed by atoms with van der Waals surface area (Å²) in [5, 5.41) is 13.4. The molecule has 3 heterocycles. The van der Waals surface area contributed by atoms with Crippen LogP contribution in [0, 0.1) is 17.8 Å². The number of fused-ring (bicyclic) bond motifs is 1. The molecule has 3 amide bonds. The molecule has 7 atom stereocenters. The van der Waals surface area contributed by atoms with Crippen LogP contribution in [0.25, 0.3) is 0 Å². The molecule has 0 unspecified atom stereocenters. The van der Waals surface area contributed by atoms with Crippen LogP contribution in [0.15, 0.2) is 55.6 Å². The molecule has 3 fully saturated rings. The molecular formula is C36H51N3O7. The molecule has 252 valence electrons. The number of ether oxygens (including phenoxy) is 2. The van der Waals surface area contributed by atoms with Gasteiger partial charge in [0.1, 0.15) is 17.7 Å². The van der Waals surface area contributed by atoms with E-state index in [-0.39, 0.29) is 43.2 Å². The lowest BCUT2D eigenvalue weighted by Crippen LogP contribution is -2.59. The molecular weight excluding hydrogens is 586 g/mol. The van der Waals surface area contributed by atoms with Gasteiger partial charge < -0.3 is 29.7 Å². The van der Waals surface area contributed by atoms with Crippen LogP contribution in [-0.2, 0) is 28.7 Å². The molecule has 3 aliphatic rings. The quantitative estimate of drug-likeness (QED) is 0.185. The molecule has 1 aromatic rings. The van der Waals surface area contributed by atoms with Crippen LogP contribution in [0.5, 0.6) is 0 Å². The molecule has 0 aliphatic carbocycles. The highest BCUT2D eigenvalue weighted by Gasteiger charge is 2.75. The van der Waals surface area contributed by atoms with Gasteiger partial charge in [0.2, 0.25) is 17.7 Å². The second kappa shape index (κ2) is 15.9. The average molecular weight is 638 g/mol. The predicted molar refractivity (Wildman–Crippen MR) is 174 cm³/mol. The Morgan fingerprint density at radius 2 is 1.96 bits per heavy atom. The van der Waals surface area contributed by atoms with E-state index in [1.165, 1.54) is 4.90 Å². The Morgan fingerprint density at radius 3 is 2.59 bits per heavy atom. The second-order valence-electron chi connectivity index (χ2n) is 13.2. The van der Waals surface area contributed by atoms with Gasteiger partial charge in [-0.05, 0) is 43.6 Å². The smallest absolute Gasteiger partial charge is 0.313 e. The van der Waals surface area contributed by atoms with Crippen LogP contribution in [0.3, 0.4) is 0 Å². The fraction of sp³-hybridized carbons (Fsp3) is 0.611. The summed E-state index contributed by atoms with van der Waals surface area (Å²) in [6.45, 7) is 14.1. The number of aliphatic hydroxyl groups is 1. The molecule has 46 heavy (non-hydrogen) atoms. The minimum absolute atomic E-state index is 0.0654. The zero-order chi connectivity index (χ0) is 33.4. The third kappa shape index (κ3) is 7.23. The normalized spacial score (nSPS) is 26.0. The molecule has 0 radical (unpaired) electrons. The Labute approximate surface area is 273 Å². The zero-order valence-electron chi connectivity index (χ0n) is 27.6. The molecule has 2 N–H and O–H groups in total. The van der Waals surface area contributed by atoms with Crippen LogP contribution < -0.4 is 5.32 Å². The Morgan fingerprint density at radius 1 is 1.22 bits per heavy atom. The zero-order valence-corrected chi connectivity index (χ0v) is 27.6. The highest BCUT2D eigenvalue weighted by atomic mass is 16.6. The number of nitrogens with one attached hydrogen (secondary N) is 1. The number of unbranched alkanes of at least 4 members (excludes halogenated alkanes) is 1. The van der Waals surface area contributed by atoms with Crippen LogP contribution in [0.1, 0.15) is 77.4 Å². The predicted octanol–water partition coefficient (Wildman–Crippen LogP) is 3.95.